The molecule has 3 heterocycles. The molecule has 0 radical (unpaired) electrons. The Bertz CT molecular complexity index is 715. The SMILES string of the molecule is Cn1ccnc1[C@H](NC(=O)N1CCN(CCn2cncn2)CC1)C1CC1. The predicted molar refractivity (Wildman–Crippen MR) is 95.2 cm³/mol. The molecule has 2 aromatic heterocycles. The second-order valence-electron chi connectivity index (χ2n) is 7.15. The standard InChI is InChI=1S/C17H26N8O/c1-22-5-4-19-16(22)15(14-2-3-14)21-17(26)24-9-6-23(7-10-24)8-11-25-13-18-12-20-25/h4-5,12-15H,2-3,6-11H2,1H3,(H,21,26)/t15-/m1/s1. The normalized spacial score (nSPS) is 19.5. The van der Waals surface area contributed by atoms with E-state index >= 15 is 0 Å². The highest BCUT2D eigenvalue weighted by Crippen LogP contribution is 2.40. The van der Waals surface area contributed by atoms with Gasteiger partial charge in [-0.25, -0.2) is 14.8 Å². The second-order valence-corrected chi connectivity index (χ2v) is 7.15. The van der Waals surface area contributed by atoms with Gasteiger partial charge in [0.25, 0.3) is 0 Å². The van der Waals surface area contributed by atoms with Crippen LogP contribution in [-0.2, 0) is 13.6 Å². The van der Waals surface area contributed by atoms with Crippen molar-refractivity contribution in [3.63, 3.8) is 0 Å². The summed E-state index contributed by atoms with van der Waals surface area (Å²) in [5.74, 6) is 1.47. The molecule has 0 spiro atoms. The van der Waals surface area contributed by atoms with Crippen molar-refractivity contribution in [1.82, 2.24) is 39.4 Å². The molecule has 0 bridgehead atoms. The maximum atomic E-state index is 12.7. The lowest BCUT2D eigenvalue weighted by Gasteiger charge is -2.35. The third kappa shape index (κ3) is 3.87. The summed E-state index contributed by atoms with van der Waals surface area (Å²) < 4.78 is 3.84. The third-order valence-corrected chi connectivity index (χ3v) is 5.28. The Morgan fingerprint density at radius 3 is 2.69 bits per heavy atom. The first-order valence-electron chi connectivity index (χ1n) is 9.28. The first kappa shape index (κ1) is 17.0. The Kier molecular flexibility index (Phi) is 4.87. The van der Waals surface area contributed by atoms with Gasteiger partial charge in [0.15, 0.2) is 0 Å². The van der Waals surface area contributed by atoms with Crippen molar-refractivity contribution in [2.45, 2.75) is 25.4 Å². The summed E-state index contributed by atoms with van der Waals surface area (Å²) >= 11 is 0. The van der Waals surface area contributed by atoms with Gasteiger partial charge in [-0.05, 0) is 18.8 Å². The van der Waals surface area contributed by atoms with Crippen LogP contribution in [0.15, 0.2) is 25.0 Å². The zero-order valence-electron chi connectivity index (χ0n) is 15.2. The minimum atomic E-state index is 0.0212. The number of piperazine rings is 1. The van der Waals surface area contributed by atoms with Crippen LogP contribution in [0.5, 0.6) is 0 Å². The van der Waals surface area contributed by atoms with Crippen LogP contribution < -0.4 is 5.32 Å². The molecule has 1 saturated heterocycles. The zero-order chi connectivity index (χ0) is 17.9. The number of aryl methyl sites for hydroxylation is 1. The summed E-state index contributed by atoms with van der Waals surface area (Å²) in [7, 11) is 1.98. The average molecular weight is 358 g/mol. The molecular weight excluding hydrogens is 332 g/mol. The number of hydrogen-bond acceptors (Lipinski definition) is 5. The first-order valence-corrected chi connectivity index (χ1v) is 9.28. The number of carbonyl (C=O) groups excluding carboxylic acids is 1. The summed E-state index contributed by atoms with van der Waals surface area (Å²) in [5, 5.41) is 7.35. The van der Waals surface area contributed by atoms with Crippen LogP contribution in [-0.4, -0.2) is 72.9 Å². The molecule has 26 heavy (non-hydrogen) atoms. The lowest BCUT2D eigenvalue weighted by atomic mass is 10.1. The Hall–Kier alpha value is -2.42. The lowest BCUT2D eigenvalue weighted by Crippen LogP contribution is -2.53. The van der Waals surface area contributed by atoms with Crippen LogP contribution in [0, 0.1) is 5.92 Å². The molecule has 2 amide bonds. The van der Waals surface area contributed by atoms with E-state index in [2.05, 4.69) is 25.3 Å². The van der Waals surface area contributed by atoms with Crippen molar-refractivity contribution < 1.29 is 4.79 Å². The Balaban J connectivity index is 1.27. The summed E-state index contributed by atoms with van der Waals surface area (Å²) in [6.07, 6.45) is 9.34. The molecule has 1 N–H and O–H groups in total. The lowest BCUT2D eigenvalue weighted by molar-refractivity contribution is 0.133. The second kappa shape index (κ2) is 7.45. The van der Waals surface area contributed by atoms with Gasteiger partial charge in [-0.15, -0.1) is 0 Å². The van der Waals surface area contributed by atoms with E-state index in [0.717, 1.165) is 57.9 Å². The van der Waals surface area contributed by atoms with Crippen molar-refractivity contribution in [2.24, 2.45) is 13.0 Å². The smallest absolute Gasteiger partial charge is 0.318 e. The highest BCUT2D eigenvalue weighted by Gasteiger charge is 2.36. The molecule has 1 saturated carbocycles. The fourth-order valence-corrected chi connectivity index (χ4v) is 3.49. The highest BCUT2D eigenvalue weighted by atomic mass is 16.2. The van der Waals surface area contributed by atoms with Gasteiger partial charge in [0.05, 0.1) is 12.6 Å². The molecule has 0 unspecified atom stereocenters. The maximum Gasteiger partial charge on any atom is 0.318 e. The van der Waals surface area contributed by atoms with Gasteiger partial charge in [0, 0.05) is 52.2 Å². The van der Waals surface area contributed by atoms with Crippen molar-refractivity contribution in [3.8, 4) is 0 Å². The van der Waals surface area contributed by atoms with E-state index in [0.29, 0.717) is 5.92 Å². The van der Waals surface area contributed by atoms with Gasteiger partial charge in [0.1, 0.15) is 18.5 Å². The van der Waals surface area contributed by atoms with E-state index in [1.165, 1.54) is 0 Å². The van der Waals surface area contributed by atoms with E-state index in [1.807, 2.05) is 27.4 Å². The zero-order valence-corrected chi connectivity index (χ0v) is 15.2. The van der Waals surface area contributed by atoms with E-state index in [-0.39, 0.29) is 12.1 Å². The Labute approximate surface area is 153 Å². The fraction of sp³-hybridized carbons (Fsp3) is 0.647. The molecule has 140 valence electrons. The van der Waals surface area contributed by atoms with E-state index in [9.17, 15) is 4.79 Å². The quantitative estimate of drug-likeness (QED) is 0.812. The largest absolute Gasteiger partial charge is 0.336 e. The Morgan fingerprint density at radius 2 is 2.08 bits per heavy atom. The minimum absolute atomic E-state index is 0.0212. The molecule has 9 nitrogen and oxygen atoms in total. The molecule has 2 aliphatic rings. The molecule has 1 aliphatic heterocycles. The topological polar surface area (TPSA) is 84.1 Å². The van der Waals surface area contributed by atoms with Crippen LogP contribution in [0.4, 0.5) is 4.79 Å². The summed E-state index contributed by atoms with van der Waals surface area (Å²) in [6, 6.07) is 0.0497. The number of aromatic nitrogens is 5. The molecule has 2 fully saturated rings. The Morgan fingerprint density at radius 1 is 1.27 bits per heavy atom. The monoisotopic (exact) mass is 358 g/mol. The number of urea groups is 1. The number of nitrogens with zero attached hydrogens (tertiary/aromatic N) is 7. The predicted octanol–water partition coefficient (Wildman–Crippen LogP) is 0.490. The molecule has 1 atom stereocenters. The van der Waals surface area contributed by atoms with Gasteiger partial charge in [-0.3, -0.25) is 9.58 Å². The first-order chi connectivity index (χ1) is 12.7. The summed E-state index contributed by atoms with van der Waals surface area (Å²) in [4.78, 5) is 25.4. The molecular formula is C17H26N8O. The number of rotatable bonds is 6. The summed E-state index contributed by atoms with van der Waals surface area (Å²) in [5.41, 5.74) is 0. The number of nitrogens with one attached hydrogen (secondary N) is 1. The average Bonchev–Trinajstić information content (AvgIpc) is 3.19. The maximum absolute atomic E-state index is 12.7. The highest BCUT2D eigenvalue weighted by molar-refractivity contribution is 5.74. The fourth-order valence-electron chi connectivity index (χ4n) is 3.49. The molecule has 4 rings (SSSR count). The summed E-state index contributed by atoms with van der Waals surface area (Å²) in [6.45, 7) is 5.03. The van der Waals surface area contributed by atoms with Crippen molar-refractivity contribution in [2.75, 3.05) is 32.7 Å². The van der Waals surface area contributed by atoms with E-state index < -0.39 is 0 Å². The molecule has 2 aromatic rings. The molecule has 9 heteroatoms. The van der Waals surface area contributed by atoms with Crippen molar-refractivity contribution in [1.29, 1.82) is 0 Å². The van der Waals surface area contributed by atoms with Gasteiger partial charge in [-0.2, -0.15) is 5.10 Å². The van der Waals surface area contributed by atoms with Gasteiger partial charge in [0.2, 0.25) is 0 Å². The number of carbonyl (C=O) groups is 1. The molecule has 1 aliphatic carbocycles. The molecule has 0 aromatic carbocycles. The van der Waals surface area contributed by atoms with E-state index in [4.69, 9.17) is 0 Å². The minimum Gasteiger partial charge on any atom is -0.336 e. The number of imidazole rings is 1. The van der Waals surface area contributed by atoms with Crippen LogP contribution in [0.1, 0.15) is 24.7 Å². The van der Waals surface area contributed by atoms with Gasteiger partial charge < -0.3 is 14.8 Å². The van der Waals surface area contributed by atoms with E-state index in [1.54, 1.807) is 18.9 Å². The van der Waals surface area contributed by atoms with Gasteiger partial charge in [-0.1, -0.05) is 0 Å². The third-order valence-electron chi connectivity index (χ3n) is 5.28. The van der Waals surface area contributed by atoms with Crippen LogP contribution in [0.3, 0.4) is 0 Å². The van der Waals surface area contributed by atoms with Crippen molar-refractivity contribution in [3.05, 3.63) is 30.9 Å². The number of amides is 2. The number of hydrogen-bond donors (Lipinski definition) is 1. The van der Waals surface area contributed by atoms with Crippen LogP contribution >= 0.6 is 0 Å². The van der Waals surface area contributed by atoms with Crippen LogP contribution in [0.2, 0.25) is 0 Å². The van der Waals surface area contributed by atoms with Crippen molar-refractivity contribution >= 4 is 6.03 Å². The van der Waals surface area contributed by atoms with Gasteiger partial charge >= 0.3 is 6.03 Å². The van der Waals surface area contributed by atoms with Crippen LogP contribution in [0.25, 0.3) is 0 Å².